The Hall–Kier alpha value is 0.0700. The second-order valence-electron chi connectivity index (χ2n) is 10.3. The quantitative estimate of drug-likeness (QED) is 0.104. The first kappa shape index (κ1) is 30.1. The molecular formula is C26H55NO4P+. The zero-order chi connectivity index (χ0) is 23.5. The van der Waals surface area contributed by atoms with Crippen LogP contribution in [-0.2, 0) is 13.6 Å². The Bertz CT molecular complexity index is 480. The summed E-state index contributed by atoms with van der Waals surface area (Å²) in [5.41, 5.74) is 0. The highest BCUT2D eigenvalue weighted by molar-refractivity contribution is 7.47. The van der Waals surface area contributed by atoms with Crippen LogP contribution in [0.25, 0.3) is 0 Å². The molecule has 1 heterocycles. The number of piperidine rings is 1. The van der Waals surface area contributed by atoms with Gasteiger partial charge in [-0.2, -0.15) is 0 Å². The van der Waals surface area contributed by atoms with Gasteiger partial charge in [0.05, 0.1) is 39.4 Å². The van der Waals surface area contributed by atoms with E-state index in [0.717, 1.165) is 49.8 Å². The summed E-state index contributed by atoms with van der Waals surface area (Å²) in [6.07, 6.45) is 22.6. The Morgan fingerprint density at radius 1 is 0.750 bits per heavy atom. The van der Waals surface area contributed by atoms with Crippen molar-refractivity contribution in [1.82, 2.24) is 0 Å². The van der Waals surface area contributed by atoms with Gasteiger partial charge in [0.15, 0.2) is 0 Å². The Balaban J connectivity index is 1.86. The van der Waals surface area contributed by atoms with Gasteiger partial charge in [0.2, 0.25) is 0 Å². The lowest BCUT2D eigenvalue weighted by atomic mass is 10.0. The van der Waals surface area contributed by atoms with E-state index in [4.69, 9.17) is 9.05 Å². The number of likely N-dealkylation sites (tertiary alicyclic amines) is 1. The second-order valence-corrected chi connectivity index (χ2v) is 11.7. The SMILES string of the molecule is CCCCCCCCCCCCCCCCCCOP(=O)(O)OC1CC[N+](C)(CC)CC1. The maximum Gasteiger partial charge on any atom is 0.472 e. The molecule has 32 heavy (non-hydrogen) atoms. The lowest BCUT2D eigenvalue weighted by Crippen LogP contribution is -2.50. The zero-order valence-electron chi connectivity index (χ0n) is 21.7. The van der Waals surface area contributed by atoms with Crippen molar-refractivity contribution in [1.29, 1.82) is 0 Å². The molecule has 192 valence electrons. The van der Waals surface area contributed by atoms with E-state index >= 15 is 0 Å². The third-order valence-electron chi connectivity index (χ3n) is 7.28. The van der Waals surface area contributed by atoms with Crippen LogP contribution in [0.4, 0.5) is 0 Å². The Morgan fingerprint density at radius 3 is 1.56 bits per heavy atom. The van der Waals surface area contributed by atoms with Gasteiger partial charge in [-0.1, -0.05) is 103 Å². The number of hydrogen-bond donors (Lipinski definition) is 1. The number of phosphoric acid groups is 1. The number of unbranched alkanes of at least 4 members (excludes halogenated alkanes) is 15. The fraction of sp³-hybridized carbons (Fsp3) is 1.00. The van der Waals surface area contributed by atoms with E-state index in [2.05, 4.69) is 20.9 Å². The summed E-state index contributed by atoms with van der Waals surface area (Å²) in [4.78, 5) is 9.99. The van der Waals surface area contributed by atoms with Crippen molar-refractivity contribution in [3.63, 3.8) is 0 Å². The summed E-state index contributed by atoms with van der Waals surface area (Å²) < 4.78 is 23.8. The van der Waals surface area contributed by atoms with Gasteiger partial charge in [-0.15, -0.1) is 0 Å². The summed E-state index contributed by atoms with van der Waals surface area (Å²) in [6.45, 7) is 7.89. The molecule has 0 amide bonds. The van der Waals surface area contributed by atoms with Gasteiger partial charge in [-0.05, 0) is 13.3 Å². The van der Waals surface area contributed by atoms with Gasteiger partial charge in [0.1, 0.15) is 0 Å². The summed E-state index contributed by atoms with van der Waals surface area (Å²) in [5.74, 6) is 0. The Labute approximate surface area is 199 Å². The van der Waals surface area contributed by atoms with Crippen LogP contribution < -0.4 is 0 Å². The van der Waals surface area contributed by atoms with Crippen LogP contribution in [0.1, 0.15) is 129 Å². The predicted molar refractivity (Wildman–Crippen MR) is 136 cm³/mol. The molecule has 0 spiro atoms. The molecule has 1 saturated heterocycles. The summed E-state index contributed by atoms with van der Waals surface area (Å²) >= 11 is 0. The third kappa shape index (κ3) is 15.8. The molecule has 5 nitrogen and oxygen atoms in total. The van der Waals surface area contributed by atoms with Crippen LogP contribution >= 0.6 is 7.82 Å². The van der Waals surface area contributed by atoms with Gasteiger partial charge < -0.3 is 9.38 Å². The molecule has 0 aromatic rings. The van der Waals surface area contributed by atoms with Crippen molar-refractivity contribution in [2.24, 2.45) is 0 Å². The Kier molecular flexibility index (Phi) is 17.3. The molecule has 1 atom stereocenters. The van der Waals surface area contributed by atoms with Crippen LogP contribution in [0.5, 0.6) is 0 Å². The van der Waals surface area contributed by atoms with Gasteiger partial charge in [0.25, 0.3) is 0 Å². The summed E-state index contributed by atoms with van der Waals surface area (Å²) in [5, 5.41) is 0. The maximum absolute atomic E-state index is 12.2. The van der Waals surface area contributed by atoms with E-state index in [9.17, 15) is 9.46 Å². The lowest BCUT2D eigenvalue weighted by Gasteiger charge is -2.39. The molecule has 0 radical (unpaired) electrons. The third-order valence-corrected chi connectivity index (χ3v) is 8.35. The molecule has 1 unspecified atom stereocenters. The number of quaternary nitrogens is 1. The molecule has 1 aliphatic heterocycles. The van der Waals surface area contributed by atoms with E-state index in [1.54, 1.807) is 0 Å². The molecule has 0 aromatic heterocycles. The second kappa shape index (κ2) is 18.4. The lowest BCUT2D eigenvalue weighted by molar-refractivity contribution is -0.913. The van der Waals surface area contributed by atoms with E-state index in [-0.39, 0.29) is 6.10 Å². The largest absolute Gasteiger partial charge is 0.472 e. The molecule has 0 aliphatic carbocycles. The number of hydrogen-bond acceptors (Lipinski definition) is 3. The molecule has 6 heteroatoms. The predicted octanol–water partition coefficient (Wildman–Crippen LogP) is 8.01. The molecule has 1 N–H and O–H groups in total. The Morgan fingerprint density at radius 2 is 1.16 bits per heavy atom. The van der Waals surface area contributed by atoms with E-state index in [1.165, 1.54) is 89.9 Å². The molecule has 1 aliphatic rings. The number of nitrogens with zero attached hydrogens (tertiary/aromatic N) is 1. The van der Waals surface area contributed by atoms with Crippen molar-refractivity contribution in [2.75, 3.05) is 33.3 Å². The normalized spacial score (nSPS) is 23.3. The smallest absolute Gasteiger partial charge is 0.326 e. The van der Waals surface area contributed by atoms with E-state index < -0.39 is 7.82 Å². The monoisotopic (exact) mass is 476 g/mol. The average Bonchev–Trinajstić information content (AvgIpc) is 2.77. The highest BCUT2D eigenvalue weighted by Crippen LogP contribution is 2.46. The first-order valence-electron chi connectivity index (χ1n) is 13.9. The van der Waals surface area contributed by atoms with Crippen molar-refractivity contribution >= 4 is 7.82 Å². The topological polar surface area (TPSA) is 55.8 Å². The van der Waals surface area contributed by atoms with Crippen molar-refractivity contribution in [3.8, 4) is 0 Å². The number of rotatable bonds is 21. The van der Waals surface area contributed by atoms with Crippen LogP contribution in [0, 0.1) is 0 Å². The van der Waals surface area contributed by atoms with Crippen LogP contribution in [-0.4, -0.2) is 48.8 Å². The molecule has 0 aromatic carbocycles. The molecular weight excluding hydrogens is 421 g/mol. The van der Waals surface area contributed by atoms with E-state index in [0.29, 0.717) is 6.61 Å². The maximum atomic E-state index is 12.2. The van der Waals surface area contributed by atoms with Crippen molar-refractivity contribution in [2.45, 2.75) is 136 Å². The van der Waals surface area contributed by atoms with Crippen LogP contribution in [0.2, 0.25) is 0 Å². The molecule has 1 rings (SSSR count). The summed E-state index contributed by atoms with van der Waals surface area (Å²) in [6, 6.07) is 0. The van der Waals surface area contributed by atoms with Gasteiger partial charge in [-0.3, -0.25) is 9.05 Å². The van der Waals surface area contributed by atoms with Crippen LogP contribution in [0.15, 0.2) is 0 Å². The highest BCUT2D eigenvalue weighted by Gasteiger charge is 2.34. The first-order chi connectivity index (χ1) is 15.4. The average molecular weight is 477 g/mol. The number of phosphoric ester groups is 1. The molecule has 1 fully saturated rings. The summed E-state index contributed by atoms with van der Waals surface area (Å²) in [7, 11) is -1.67. The van der Waals surface area contributed by atoms with Gasteiger partial charge >= 0.3 is 7.82 Å². The minimum absolute atomic E-state index is 0.144. The first-order valence-corrected chi connectivity index (χ1v) is 15.4. The van der Waals surface area contributed by atoms with E-state index in [1.807, 2.05) is 0 Å². The zero-order valence-corrected chi connectivity index (χ0v) is 22.6. The van der Waals surface area contributed by atoms with Crippen LogP contribution in [0.3, 0.4) is 0 Å². The molecule has 0 saturated carbocycles. The minimum Gasteiger partial charge on any atom is -0.326 e. The van der Waals surface area contributed by atoms with Crippen molar-refractivity contribution < 1.29 is 23.0 Å². The van der Waals surface area contributed by atoms with Gasteiger partial charge in [-0.25, -0.2) is 4.57 Å². The minimum atomic E-state index is -3.91. The fourth-order valence-electron chi connectivity index (χ4n) is 4.64. The molecule has 0 bridgehead atoms. The fourth-order valence-corrected chi connectivity index (χ4v) is 5.65. The van der Waals surface area contributed by atoms with Gasteiger partial charge in [0, 0.05) is 12.8 Å². The standard InChI is InChI=1S/C26H54NO4P/c1-4-6-7-8-9-10-11-12-13-14-15-16-17-18-19-20-25-30-32(28,29)31-26-21-23-27(3,5-2)24-22-26/h26H,4-25H2,1-3H3/p+1. The van der Waals surface area contributed by atoms with Crippen molar-refractivity contribution in [3.05, 3.63) is 0 Å². The highest BCUT2D eigenvalue weighted by atomic mass is 31.2.